The predicted molar refractivity (Wildman–Crippen MR) is 196 cm³/mol. The lowest BCUT2D eigenvalue weighted by molar-refractivity contribution is 0.0218. The molecule has 1 saturated carbocycles. The van der Waals surface area contributed by atoms with Gasteiger partial charge in [0.25, 0.3) is 0 Å². The maximum atomic E-state index is 13.3. The Kier molecular flexibility index (Phi) is 12.8. The van der Waals surface area contributed by atoms with Crippen LogP contribution < -0.4 is 5.32 Å². The Balaban J connectivity index is 1.36. The molecule has 1 atom stereocenters. The Morgan fingerprint density at radius 1 is 0.918 bits per heavy atom. The zero-order valence-corrected chi connectivity index (χ0v) is 31.6. The number of hydrogen-bond donors (Lipinski definition) is 1. The van der Waals surface area contributed by atoms with Crippen molar-refractivity contribution in [2.75, 3.05) is 32.9 Å². The maximum absolute atomic E-state index is 13.3. The number of rotatable bonds is 18. The largest absolute Gasteiger partial charge is 0.444 e. The van der Waals surface area contributed by atoms with Gasteiger partial charge in [0.2, 0.25) is 0 Å². The minimum Gasteiger partial charge on any atom is -0.444 e. The number of nitrogens with one attached hydrogen (secondary N) is 1. The molecule has 1 aliphatic carbocycles. The zero-order chi connectivity index (χ0) is 34.9. The third-order valence-corrected chi connectivity index (χ3v) is 11.1. The Morgan fingerprint density at radius 2 is 1.55 bits per heavy atom. The third-order valence-electron chi connectivity index (χ3n) is 9.37. The predicted octanol–water partition coefficient (Wildman–Crippen LogP) is 7.72. The molecule has 1 N–H and O–H groups in total. The number of ether oxygens (including phenoxy) is 4. The van der Waals surface area contributed by atoms with E-state index in [2.05, 4.69) is 66.0 Å². The number of carbonyl (C=O) groups excluding carboxylic acids is 1. The van der Waals surface area contributed by atoms with Gasteiger partial charge in [0, 0.05) is 52.1 Å². The summed E-state index contributed by atoms with van der Waals surface area (Å²) in [4.78, 5) is 15.1. The molecule has 268 valence electrons. The molecule has 1 amide bonds. The van der Waals surface area contributed by atoms with Crippen molar-refractivity contribution in [2.45, 2.75) is 110 Å². The van der Waals surface area contributed by atoms with Gasteiger partial charge in [-0.05, 0) is 62.6 Å². The number of hydrogen-bond acceptors (Lipinski definition) is 7. The molecule has 1 aliphatic heterocycles. The molecule has 0 radical (unpaired) electrons. The molecule has 1 aromatic heterocycles. The van der Waals surface area contributed by atoms with Gasteiger partial charge in [-0.25, -0.2) is 9.48 Å². The monoisotopic (exact) mass is 690 g/mol. The normalized spacial score (nSPS) is 16.3. The van der Waals surface area contributed by atoms with E-state index in [9.17, 15) is 4.79 Å². The summed E-state index contributed by atoms with van der Waals surface area (Å²) >= 11 is 0. The van der Waals surface area contributed by atoms with Gasteiger partial charge < -0.3 is 29.2 Å². The highest BCUT2D eigenvalue weighted by molar-refractivity contribution is 6.76. The first-order valence-corrected chi connectivity index (χ1v) is 21.7. The summed E-state index contributed by atoms with van der Waals surface area (Å²) < 4.78 is 26.4. The molecule has 1 fully saturated rings. The first kappa shape index (κ1) is 37.2. The van der Waals surface area contributed by atoms with Crippen LogP contribution in [-0.2, 0) is 51.9 Å². The van der Waals surface area contributed by atoms with Gasteiger partial charge in [-0.15, -0.1) is 0 Å². The van der Waals surface area contributed by atoms with E-state index in [1.165, 1.54) is 5.56 Å². The van der Waals surface area contributed by atoms with Crippen LogP contribution in [-0.4, -0.2) is 67.4 Å². The lowest BCUT2D eigenvalue weighted by Crippen LogP contribution is -2.41. The van der Waals surface area contributed by atoms with E-state index in [-0.39, 0.29) is 17.6 Å². The van der Waals surface area contributed by atoms with E-state index in [4.69, 9.17) is 24.0 Å². The van der Waals surface area contributed by atoms with E-state index >= 15 is 0 Å². The minimum atomic E-state index is -1.22. The number of amides is 1. The average molecular weight is 691 g/mol. The van der Waals surface area contributed by atoms with Crippen molar-refractivity contribution in [3.05, 3.63) is 88.7 Å². The number of fused-ring (bicyclic) bond motifs is 1. The number of benzene rings is 2. The van der Waals surface area contributed by atoms with Crippen LogP contribution >= 0.6 is 0 Å². The molecular formula is C39H58N4O5Si. The standard InChI is InChI=1S/C39H58N4O5Si/c1-38(2,3)48-37(44)42-22-17-34-33(27-42)35(41-43(34)30-47-25-26-49(4,5)6)36(40-21-24-46-29-32-15-11-8-12-16-32)39(18-19-39)20-23-45-28-31-13-9-7-10-14-31/h7-16,36,40H,17-30H2,1-6H3. The quantitative estimate of drug-likeness (QED) is 0.108. The molecule has 5 rings (SSSR count). The summed E-state index contributed by atoms with van der Waals surface area (Å²) in [6.45, 7) is 18.2. The molecular weight excluding hydrogens is 633 g/mol. The van der Waals surface area contributed by atoms with Crippen molar-refractivity contribution >= 4 is 14.2 Å². The van der Waals surface area contributed by atoms with Crippen LogP contribution in [0.1, 0.15) is 74.2 Å². The summed E-state index contributed by atoms with van der Waals surface area (Å²) in [6, 6.07) is 21.7. The Labute approximate surface area is 294 Å². The second-order valence-electron chi connectivity index (χ2n) is 15.9. The van der Waals surface area contributed by atoms with Crippen molar-refractivity contribution in [1.82, 2.24) is 20.0 Å². The first-order valence-electron chi connectivity index (χ1n) is 18.0. The fourth-order valence-corrected chi connectivity index (χ4v) is 7.15. The van der Waals surface area contributed by atoms with Crippen LogP contribution in [0.4, 0.5) is 4.79 Å². The van der Waals surface area contributed by atoms with Crippen molar-refractivity contribution in [3.63, 3.8) is 0 Å². The maximum Gasteiger partial charge on any atom is 0.410 e. The van der Waals surface area contributed by atoms with Crippen LogP contribution in [0.15, 0.2) is 60.7 Å². The van der Waals surface area contributed by atoms with E-state index in [1.54, 1.807) is 0 Å². The highest BCUT2D eigenvalue weighted by Gasteiger charge is 2.51. The lowest BCUT2D eigenvalue weighted by atomic mass is 9.87. The fourth-order valence-electron chi connectivity index (χ4n) is 6.39. The Morgan fingerprint density at radius 3 is 2.14 bits per heavy atom. The van der Waals surface area contributed by atoms with Gasteiger partial charge in [-0.3, -0.25) is 0 Å². The van der Waals surface area contributed by atoms with Crippen LogP contribution in [0, 0.1) is 5.41 Å². The number of carbonyl (C=O) groups is 1. The highest BCUT2D eigenvalue weighted by atomic mass is 28.3. The first-order chi connectivity index (χ1) is 23.4. The summed E-state index contributed by atoms with van der Waals surface area (Å²) in [7, 11) is -1.22. The van der Waals surface area contributed by atoms with Crippen LogP contribution in [0.5, 0.6) is 0 Å². The summed E-state index contributed by atoms with van der Waals surface area (Å²) in [5, 5.41) is 9.19. The lowest BCUT2D eigenvalue weighted by Gasteiger charge is -2.32. The molecule has 9 nitrogen and oxygen atoms in total. The topological polar surface area (TPSA) is 87.1 Å². The molecule has 49 heavy (non-hydrogen) atoms. The van der Waals surface area contributed by atoms with Crippen molar-refractivity contribution < 1.29 is 23.7 Å². The molecule has 2 aromatic carbocycles. The zero-order valence-electron chi connectivity index (χ0n) is 30.6. The van der Waals surface area contributed by atoms with E-state index < -0.39 is 13.7 Å². The molecule has 10 heteroatoms. The van der Waals surface area contributed by atoms with Gasteiger partial charge in [0.1, 0.15) is 12.3 Å². The van der Waals surface area contributed by atoms with E-state index in [0.29, 0.717) is 59.2 Å². The molecule has 2 heterocycles. The van der Waals surface area contributed by atoms with Crippen molar-refractivity contribution in [2.24, 2.45) is 5.41 Å². The Hall–Kier alpha value is -3.02. The van der Waals surface area contributed by atoms with Crippen molar-refractivity contribution in [1.29, 1.82) is 0 Å². The van der Waals surface area contributed by atoms with Crippen LogP contribution in [0.3, 0.4) is 0 Å². The molecule has 1 unspecified atom stereocenters. The Bertz CT molecular complexity index is 1460. The summed E-state index contributed by atoms with van der Waals surface area (Å²) in [5.41, 5.74) is 5.09. The van der Waals surface area contributed by atoms with E-state index in [1.807, 2.05) is 49.9 Å². The fraction of sp³-hybridized carbons (Fsp3) is 0.590. The molecule has 0 saturated heterocycles. The number of nitrogens with zero attached hydrogens (tertiary/aromatic N) is 3. The van der Waals surface area contributed by atoms with Gasteiger partial charge in [-0.1, -0.05) is 80.3 Å². The van der Waals surface area contributed by atoms with Crippen molar-refractivity contribution in [3.8, 4) is 0 Å². The minimum absolute atomic E-state index is 0.00988. The summed E-state index contributed by atoms with van der Waals surface area (Å²) in [6.07, 6.45) is 3.53. The molecule has 0 spiro atoms. The van der Waals surface area contributed by atoms with Gasteiger partial charge in [0.15, 0.2) is 0 Å². The van der Waals surface area contributed by atoms with Crippen LogP contribution in [0.25, 0.3) is 0 Å². The molecule has 0 bridgehead atoms. The van der Waals surface area contributed by atoms with E-state index in [0.717, 1.165) is 54.4 Å². The van der Waals surface area contributed by atoms with Gasteiger partial charge in [-0.2, -0.15) is 5.10 Å². The van der Waals surface area contributed by atoms with Gasteiger partial charge in [0.05, 0.1) is 38.1 Å². The smallest absolute Gasteiger partial charge is 0.410 e. The average Bonchev–Trinajstić information content (AvgIpc) is 3.76. The second-order valence-corrected chi connectivity index (χ2v) is 21.5. The SMILES string of the molecule is CC(C)(C)OC(=O)N1CCc2c(c(C(NCCOCc3ccccc3)C3(CCOCc4ccccc4)CC3)nn2COCC[Si](C)(C)C)C1. The molecule has 3 aromatic rings. The third kappa shape index (κ3) is 11.2. The summed E-state index contributed by atoms with van der Waals surface area (Å²) in [5.74, 6) is 0. The molecule has 2 aliphatic rings. The van der Waals surface area contributed by atoms with Crippen LogP contribution in [0.2, 0.25) is 25.7 Å². The second kappa shape index (κ2) is 16.8. The van der Waals surface area contributed by atoms with Gasteiger partial charge >= 0.3 is 6.09 Å². The number of aromatic nitrogens is 2. The highest BCUT2D eigenvalue weighted by Crippen LogP contribution is 2.58.